The van der Waals surface area contributed by atoms with Crippen molar-refractivity contribution >= 4 is 35.7 Å². The minimum absolute atomic E-state index is 0.0567. The van der Waals surface area contributed by atoms with Crippen LogP contribution in [0.4, 0.5) is 0 Å². The smallest absolute Gasteiger partial charge is 0.338 e. The minimum atomic E-state index is -1.31. The lowest BCUT2D eigenvalue weighted by Crippen LogP contribution is -2.77. The summed E-state index contributed by atoms with van der Waals surface area (Å²) >= 11 is 0. The second-order valence-corrected chi connectivity index (χ2v) is 28.3. The average Bonchev–Trinajstić information content (AvgIpc) is 0.772. The third kappa shape index (κ3) is 22.8. The first kappa shape index (κ1) is 81.2. The summed E-state index contributed by atoms with van der Waals surface area (Å²) in [6.07, 6.45) is 13.6. The Morgan fingerprint density at radius 2 is 0.542 bits per heavy atom. The maximum Gasteiger partial charge on any atom is 0.338 e. The summed E-state index contributed by atoms with van der Waals surface area (Å²) < 4.78 is 22.4. The summed E-state index contributed by atoms with van der Waals surface area (Å²) in [7, 11) is 0. The molecule has 13 aliphatic heterocycles. The Morgan fingerprint density at radius 1 is 0.305 bits per heavy atom. The summed E-state index contributed by atoms with van der Waals surface area (Å²) in [6, 6.07) is 91.7. The zero-order chi connectivity index (χ0) is 81.6. The molecule has 0 aliphatic carbocycles. The van der Waals surface area contributed by atoms with Gasteiger partial charge >= 0.3 is 23.9 Å². The minimum Gasteiger partial charge on any atom is -0.545 e. The highest BCUT2D eigenvalue weighted by Gasteiger charge is 2.26. The molecule has 12 heteroatoms. The predicted octanol–water partition coefficient (Wildman–Crippen LogP) is 18.8. The molecule has 12 aromatic carbocycles. The molecular formula is C106H86N2O10. The van der Waals surface area contributed by atoms with Crippen LogP contribution in [0.5, 0.6) is 0 Å². The van der Waals surface area contributed by atoms with Crippen LogP contribution in [0.2, 0.25) is 0 Å². The molecule has 0 amide bonds. The zero-order valence-electron chi connectivity index (χ0n) is 65.7. The lowest BCUT2D eigenvalue weighted by molar-refractivity contribution is -0.506. The van der Waals surface area contributed by atoms with Gasteiger partial charge in [0.2, 0.25) is 0 Å². The maximum atomic E-state index is 13.1. The molecule has 20 bridgehead atoms. The summed E-state index contributed by atoms with van der Waals surface area (Å²) in [4.78, 5) is 68.8. The van der Waals surface area contributed by atoms with Gasteiger partial charge in [0.05, 0.1) is 60.2 Å². The van der Waals surface area contributed by atoms with E-state index in [2.05, 4.69) is 163 Å². The van der Waals surface area contributed by atoms with Crippen LogP contribution in [0, 0.1) is 47.4 Å². The summed E-state index contributed by atoms with van der Waals surface area (Å²) in [5.74, 6) is 23.7. The number of carbonyl (C=O) groups excluding carboxylic acids is 5. The molecule has 0 saturated carbocycles. The molecule has 118 heavy (non-hydrogen) atoms. The van der Waals surface area contributed by atoms with Gasteiger partial charge in [-0.2, -0.15) is 0 Å². The fourth-order valence-corrected chi connectivity index (χ4v) is 13.4. The Kier molecular flexibility index (Phi) is 28.4. The molecule has 12 nitrogen and oxygen atoms in total. The number of ether oxygens (including phenoxy) is 4. The van der Waals surface area contributed by atoms with Gasteiger partial charge in [-0.1, -0.05) is 217 Å². The number of amidine groups is 1. The van der Waals surface area contributed by atoms with Crippen molar-refractivity contribution in [3.8, 4) is 91.9 Å². The van der Waals surface area contributed by atoms with Gasteiger partial charge in [-0.25, -0.2) is 19.2 Å². The number of carbonyl (C=O) groups is 5. The quantitative estimate of drug-likeness (QED) is 0.0405. The molecule has 0 aromatic heterocycles. The Hall–Kier alpha value is -14.8. The highest BCUT2D eigenvalue weighted by molar-refractivity contribution is 6.07. The van der Waals surface area contributed by atoms with E-state index in [0.29, 0.717) is 105 Å². The first-order valence-electron chi connectivity index (χ1n) is 39.7. The summed E-state index contributed by atoms with van der Waals surface area (Å²) in [5.41, 5.74) is 17.4. The molecule has 2 N–H and O–H groups in total. The van der Waals surface area contributed by atoms with E-state index in [9.17, 15) is 29.1 Å². The standard InChI is InChI=1S/C106H86N2O10/c1-75(85-23-13-11-14-24-85)107-101(108-76(2)86-25-15-12-16-26-86)99-95-27-21-28-96(99)88-57-41-78(42-58-88)32-36-82-49-65-92(66-50-82)104(112)116-72-18-8-4-6-10-20-74-118-106(114)94-69-53-84(54-70-94)38-34-80-45-61-90(62-46-80)98-30-22-29-97(100(98)102(109)110)89-59-43-79(44-60-89)33-37-83-51-67-93(68-52-83)105(113)117-73-19-9-5-3-7-17-71-115-103(111)91-63-47-81(48-64-91)35-31-77-39-55-87(95)56-40-77/h3-6,11-16,21-30,39-70,75-76H,7-10,17-20,71-74H2,1-2H3,(H,107,108)(H,109,110)/t75-,76-/m1/s1. The van der Waals surface area contributed by atoms with E-state index >= 15 is 0 Å². The zero-order valence-corrected chi connectivity index (χ0v) is 65.7. The predicted molar refractivity (Wildman–Crippen MR) is 463 cm³/mol. The number of hydrogen-bond acceptors (Lipinski definition) is 10. The second-order valence-electron chi connectivity index (χ2n) is 28.3. The van der Waals surface area contributed by atoms with Gasteiger partial charge in [-0.15, -0.1) is 0 Å². The fraction of sp³-hybridized carbons (Fsp3) is 0.151. The van der Waals surface area contributed by atoms with Crippen LogP contribution in [0.3, 0.4) is 0 Å². The van der Waals surface area contributed by atoms with Crippen LogP contribution in [-0.4, -0.2) is 62.1 Å². The van der Waals surface area contributed by atoms with Gasteiger partial charge in [-0.3, -0.25) is 10.3 Å². The molecule has 2 atom stereocenters. The van der Waals surface area contributed by atoms with E-state index < -0.39 is 29.8 Å². The molecule has 13 heterocycles. The number of carboxylic acid groups (broad SMARTS) is 1. The number of carboxylic acids is 1. The van der Waals surface area contributed by atoms with Crippen LogP contribution in [0.1, 0.15) is 190 Å². The normalized spacial score (nSPS) is 13.9. The first-order chi connectivity index (χ1) is 57.8. The van der Waals surface area contributed by atoms with Crippen LogP contribution in [0.25, 0.3) is 44.5 Å². The summed E-state index contributed by atoms with van der Waals surface area (Å²) in [5, 5.41) is 16.8. The Bertz CT molecular complexity index is 5590. The van der Waals surface area contributed by atoms with Gasteiger partial charge in [0.15, 0.2) is 0 Å². The highest BCUT2D eigenvalue weighted by atomic mass is 16.5. The van der Waals surface area contributed by atoms with E-state index in [1.54, 1.807) is 84.9 Å². The first-order valence-corrected chi connectivity index (χ1v) is 39.7. The number of aromatic carboxylic acids is 1. The molecular weight excluding hydrogens is 1460 g/mol. The van der Waals surface area contributed by atoms with Gasteiger partial charge < -0.3 is 28.8 Å². The fourth-order valence-electron chi connectivity index (χ4n) is 13.4. The van der Waals surface area contributed by atoms with Gasteiger partial charge in [0, 0.05) is 50.1 Å². The van der Waals surface area contributed by atoms with Crippen LogP contribution in [-0.2, 0) is 18.9 Å². The summed E-state index contributed by atoms with van der Waals surface area (Å²) in [6.45, 7) is 5.38. The topological polar surface area (TPSA) is 171 Å². The Labute approximate surface area is 690 Å². The van der Waals surface area contributed by atoms with Crippen LogP contribution >= 0.6 is 0 Å². The van der Waals surface area contributed by atoms with Gasteiger partial charge in [-0.05, 0) is 266 Å². The molecule has 0 spiro atoms. The van der Waals surface area contributed by atoms with Crippen molar-refractivity contribution in [1.29, 1.82) is 0 Å². The van der Waals surface area contributed by atoms with Crippen LogP contribution in [0.15, 0.2) is 315 Å². The largest absolute Gasteiger partial charge is 0.545 e. The number of benzene rings is 12. The van der Waals surface area contributed by atoms with Crippen molar-refractivity contribution in [2.45, 2.75) is 77.3 Å². The van der Waals surface area contributed by atoms with E-state index in [1.807, 2.05) is 140 Å². The molecule has 12 aromatic rings. The monoisotopic (exact) mass is 1550 g/mol. The van der Waals surface area contributed by atoms with Crippen molar-refractivity contribution in [3.63, 3.8) is 0 Å². The van der Waals surface area contributed by atoms with Crippen molar-refractivity contribution in [2.75, 3.05) is 26.4 Å². The average molecular weight is 1550 g/mol. The molecule has 0 fully saturated rings. The van der Waals surface area contributed by atoms with E-state index in [-0.39, 0.29) is 44.1 Å². The van der Waals surface area contributed by atoms with Crippen molar-refractivity contribution in [2.24, 2.45) is 0 Å². The molecule has 580 valence electrons. The van der Waals surface area contributed by atoms with Crippen LogP contribution < -0.4 is 15.4 Å². The highest BCUT2D eigenvalue weighted by Crippen LogP contribution is 2.36. The van der Waals surface area contributed by atoms with E-state index in [4.69, 9.17) is 18.9 Å². The maximum absolute atomic E-state index is 13.1. The molecule has 0 saturated heterocycles. The number of hydrogen-bond donors (Lipinski definition) is 2. The van der Waals surface area contributed by atoms with Crippen molar-refractivity contribution < 1.29 is 53.0 Å². The van der Waals surface area contributed by atoms with E-state index in [1.165, 1.54) is 0 Å². The van der Waals surface area contributed by atoms with Gasteiger partial charge in [0.1, 0.15) is 12.1 Å². The number of allylic oxidation sites excluding steroid dienone is 4. The number of nitrogens with one attached hydrogen (secondary N) is 2. The lowest BCUT2D eigenvalue weighted by atomic mass is 9.89. The second kappa shape index (κ2) is 41.3. The third-order valence-corrected chi connectivity index (χ3v) is 19.9. The Balaban J connectivity index is 0.675. The Morgan fingerprint density at radius 3 is 0.797 bits per heavy atom. The third-order valence-electron chi connectivity index (χ3n) is 19.9. The SMILES string of the molecule is C[C@@H](NC(=[NH+][C@H](C)c1ccccc1)c1c2cccc1-c1ccc(cc1)C#Cc1ccc(cc1)C(=O)OCCCC=CCCCOC(=O)c1ccc(cc1)C#Cc1ccc(cc1)-c1cccc(c1C(=O)[O-])-c1ccc(cc1)C#Cc1ccc(cc1)C(=O)OCCCC=CCCCOC(=O)c1ccc(cc1)C#Cc1ccc-2cc1)c1ccccc1. The number of esters is 4. The van der Waals surface area contributed by atoms with E-state index in [0.717, 1.165) is 79.9 Å². The molecule has 0 radical (unpaired) electrons. The molecule has 0 unspecified atom stereocenters. The van der Waals surface area contributed by atoms with Gasteiger partial charge in [0.25, 0.3) is 5.84 Å². The lowest BCUT2D eigenvalue weighted by Gasteiger charge is -2.19. The number of rotatable bonds is 6. The van der Waals surface area contributed by atoms with Crippen molar-refractivity contribution in [3.05, 3.63) is 405 Å². The molecule has 13 aliphatic rings. The molecule has 25 rings (SSSR count). The van der Waals surface area contributed by atoms with Crippen molar-refractivity contribution in [1.82, 2.24) is 5.32 Å².